The van der Waals surface area contributed by atoms with Crippen LogP contribution in [0.25, 0.3) is 16.6 Å². The zero-order valence-corrected chi connectivity index (χ0v) is 23.5. The first-order valence-corrected chi connectivity index (χ1v) is 13.1. The molecule has 0 aliphatic heterocycles. The Labute approximate surface area is 233 Å². The number of aromatic nitrogens is 2. The fraction of sp³-hybridized carbons (Fsp3) is 0.323. The lowest BCUT2D eigenvalue weighted by Gasteiger charge is -2.33. The normalized spacial score (nSPS) is 11.7. The second-order valence-corrected chi connectivity index (χ2v) is 9.17. The van der Waals surface area contributed by atoms with E-state index in [0.29, 0.717) is 71.2 Å². The molecule has 4 rings (SSSR count). The van der Waals surface area contributed by atoms with Crippen molar-refractivity contribution in [1.29, 1.82) is 0 Å². The first-order chi connectivity index (χ1) is 19.5. The first-order valence-electron chi connectivity index (χ1n) is 13.1. The van der Waals surface area contributed by atoms with Crippen LogP contribution in [0.4, 0.5) is 0 Å². The molecule has 0 N–H and O–H groups in total. The van der Waals surface area contributed by atoms with E-state index in [1.54, 1.807) is 68.2 Å². The predicted molar refractivity (Wildman–Crippen MR) is 154 cm³/mol. The van der Waals surface area contributed by atoms with Gasteiger partial charge in [-0.25, -0.2) is 4.98 Å². The van der Waals surface area contributed by atoms with Gasteiger partial charge in [0.1, 0.15) is 23.1 Å². The van der Waals surface area contributed by atoms with Crippen molar-refractivity contribution < 1.29 is 23.7 Å². The summed E-state index contributed by atoms with van der Waals surface area (Å²) in [5.41, 5.74) is 1.27. The van der Waals surface area contributed by atoms with Crippen molar-refractivity contribution in [3.63, 3.8) is 0 Å². The molecule has 210 valence electrons. The number of nitrogens with zero attached hydrogens (tertiary/aromatic N) is 3. The fourth-order valence-electron chi connectivity index (χ4n) is 4.84. The lowest BCUT2D eigenvalue weighted by atomic mass is 10.1. The van der Waals surface area contributed by atoms with Crippen molar-refractivity contribution in [2.75, 3.05) is 41.6 Å². The molecule has 0 saturated heterocycles. The topological polar surface area (TPSA) is 92.1 Å². The third-order valence-electron chi connectivity index (χ3n) is 6.80. The Kier molecular flexibility index (Phi) is 9.39. The number of fused-ring (bicyclic) bond motifs is 1. The minimum Gasteiger partial charge on any atom is -0.497 e. The number of carbonyl (C=O) groups excluding carboxylic acids is 1. The molecule has 1 atom stereocenters. The van der Waals surface area contributed by atoms with Crippen LogP contribution in [0.5, 0.6) is 17.2 Å². The predicted octanol–water partition coefficient (Wildman–Crippen LogP) is 5.04. The molecule has 0 fully saturated rings. The van der Waals surface area contributed by atoms with E-state index in [1.807, 2.05) is 43.3 Å². The van der Waals surface area contributed by atoms with Crippen LogP contribution in [-0.4, -0.2) is 61.9 Å². The van der Waals surface area contributed by atoms with E-state index in [4.69, 9.17) is 23.9 Å². The first kappa shape index (κ1) is 28.6. The van der Waals surface area contributed by atoms with Gasteiger partial charge in [-0.2, -0.15) is 0 Å². The molecule has 0 spiro atoms. The number of para-hydroxylation sites is 3. The largest absolute Gasteiger partial charge is 0.497 e. The Bertz CT molecular complexity index is 1510. The summed E-state index contributed by atoms with van der Waals surface area (Å²) in [7, 11) is 6.27. The lowest BCUT2D eigenvalue weighted by molar-refractivity contribution is 0.0633. The highest BCUT2D eigenvalue weighted by Crippen LogP contribution is 2.32. The molecule has 9 heteroatoms. The molecule has 1 aromatic heterocycles. The summed E-state index contributed by atoms with van der Waals surface area (Å²) in [6.45, 7) is 2.81. The van der Waals surface area contributed by atoms with E-state index in [0.717, 1.165) is 0 Å². The zero-order valence-electron chi connectivity index (χ0n) is 23.5. The summed E-state index contributed by atoms with van der Waals surface area (Å²) >= 11 is 0. The lowest BCUT2D eigenvalue weighted by Crippen LogP contribution is -2.39. The molecular weight excluding hydrogens is 510 g/mol. The van der Waals surface area contributed by atoms with Gasteiger partial charge < -0.3 is 23.8 Å². The van der Waals surface area contributed by atoms with Crippen LogP contribution in [0, 0.1) is 0 Å². The molecule has 1 heterocycles. The Morgan fingerprint density at radius 3 is 2.25 bits per heavy atom. The Hall–Kier alpha value is -4.37. The molecule has 0 saturated carbocycles. The summed E-state index contributed by atoms with van der Waals surface area (Å²) < 4.78 is 23.3. The number of ether oxygens (including phenoxy) is 4. The van der Waals surface area contributed by atoms with Crippen LogP contribution in [-0.2, 0) is 4.74 Å². The van der Waals surface area contributed by atoms with E-state index in [1.165, 1.54) is 0 Å². The number of benzene rings is 3. The smallest absolute Gasteiger partial charge is 0.266 e. The summed E-state index contributed by atoms with van der Waals surface area (Å²) in [5, 5.41) is 0.474. The number of rotatable bonds is 12. The van der Waals surface area contributed by atoms with E-state index >= 15 is 0 Å². The molecule has 3 aromatic carbocycles. The van der Waals surface area contributed by atoms with Gasteiger partial charge in [-0.05, 0) is 49.2 Å². The Morgan fingerprint density at radius 1 is 0.925 bits per heavy atom. The number of carbonyl (C=O) groups is 1. The molecule has 40 heavy (non-hydrogen) atoms. The molecule has 0 aliphatic rings. The zero-order chi connectivity index (χ0) is 28.6. The molecule has 0 radical (unpaired) electrons. The highest BCUT2D eigenvalue weighted by Gasteiger charge is 2.30. The molecule has 1 unspecified atom stereocenters. The molecule has 4 aromatic rings. The van der Waals surface area contributed by atoms with Gasteiger partial charge in [0.2, 0.25) is 0 Å². The maximum Gasteiger partial charge on any atom is 0.266 e. The van der Waals surface area contributed by atoms with Gasteiger partial charge in [0, 0.05) is 31.9 Å². The van der Waals surface area contributed by atoms with Crippen molar-refractivity contribution in [3.05, 3.63) is 88.5 Å². The maximum absolute atomic E-state index is 14.2. The van der Waals surface area contributed by atoms with Crippen LogP contribution >= 0.6 is 0 Å². The minimum atomic E-state index is -0.552. The van der Waals surface area contributed by atoms with Crippen molar-refractivity contribution in [2.24, 2.45) is 0 Å². The van der Waals surface area contributed by atoms with Crippen LogP contribution in [0.2, 0.25) is 0 Å². The van der Waals surface area contributed by atoms with Crippen molar-refractivity contribution >= 4 is 16.8 Å². The van der Waals surface area contributed by atoms with Crippen LogP contribution in [0.3, 0.4) is 0 Å². The number of hydrogen-bond donors (Lipinski definition) is 0. The SMILES string of the molecule is CCC(c1nc2ccccc2c(=O)n1-c1ccccc1OC)N(CCCOC)C(=O)c1cc(OC)cc(OC)c1. The van der Waals surface area contributed by atoms with Crippen molar-refractivity contribution in [1.82, 2.24) is 14.5 Å². The van der Waals surface area contributed by atoms with Crippen LogP contribution in [0.15, 0.2) is 71.5 Å². The minimum absolute atomic E-state index is 0.240. The highest BCUT2D eigenvalue weighted by molar-refractivity contribution is 5.95. The number of hydrogen-bond acceptors (Lipinski definition) is 7. The molecule has 0 bridgehead atoms. The van der Waals surface area contributed by atoms with Gasteiger partial charge in [-0.15, -0.1) is 0 Å². The number of methoxy groups -OCH3 is 4. The third-order valence-corrected chi connectivity index (χ3v) is 6.80. The summed E-state index contributed by atoms with van der Waals surface area (Å²) in [4.78, 5) is 35.0. The summed E-state index contributed by atoms with van der Waals surface area (Å²) in [6.07, 6.45) is 1.09. The quantitative estimate of drug-likeness (QED) is 0.230. The summed E-state index contributed by atoms with van der Waals surface area (Å²) in [6, 6.07) is 19.0. The maximum atomic E-state index is 14.2. The van der Waals surface area contributed by atoms with Gasteiger partial charge in [0.15, 0.2) is 0 Å². The van der Waals surface area contributed by atoms with E-state index in [2.05, 4.69) is 0 Å². The standard InChI is InChI=1S/C31H35N3O6/c1-6-26(33(16-11-17-37-2)30(35)21-18-22(38-3)20-23(19-21)39-4)29-32-25-13-8-7-12-24(25)31(36)34(29)27-14-9-10-15-28(27)40-5/h7-10,12-15,18-20,26H,6,11,16-17H2,1-5H3. The van der Waals surface area contributed by atoms with Gasteiger partial charge in [-0.3, -0.25) is 14.2 Å². The summed E-state index contributed by atoms with van der Waals surface area (Å²) in [5.74, 6) is 1.72. The molecule has 0 aliphatic carbocycles. The number of amides is 1. The third kappa shape index (κ3) is 5.79. The molecule has 1 amide bonds. The highest BCUT2D eigenvalue weighted by atomic mass is 16.5. The van der Waals surface area contributed by atoms with Gasteiger partial charge in [-0.1, -0.05) is 31.2 Å². The fourth-order valence-corrected chi connectivity index (χ4v) is 4.84. The van der Waals surface area contributed by atoms with Gasteiger partial charge >= 0.3 is 0 Å². The average molecular weight is 546 g/mol. The monoisotopic (exact) mass is 545 g/mol. The average Bonchev–Trinajstić information content (AvgIpc) is 3.00. The van der Waals surface area contributed by atoms with Crippen LogP contribution in [0.1, 0.15) is 42.0 Å². The van der Waals surface area contributed by atoms with Crippen LogP contribution < -0.4 is 19.8 Å². The van der Waals surface area contributed by atoms with E-state index in [9.17, 15) is 9.59 Å². The Balaban J connectivity index is 1.96. The van der Waals surface area contributed by atoms with Crippen molar-refractivity contribution in [2.45, 2.75) is 25.8 Å². The second kappa shape index (κ2) is 13.1. The van der Waals surface area contributed by atoms with Crippen molar-refractivity contribution in [3.8, 4) is 22.9 Å². The van der Waals surface area contributed by atoms with E-state index < -0.39 is 6.04 Å². The Morgan fingerprint density at radius 2 is 1.60 bits per heavy atom. The van der Waals surface area contributed by atoms with Gasteiger partial charge in [0.05, 0.1) is 44.0 Å². The molecular formula is C31H35N3O6. The van der Waals surface area contributed by atoms with E-state index in [-0.39, 0.29) is 11.5 Å². The second-order valence-electron chi connectivity index (χ2n) is 9.17. The molecule has 9 nitrogen and oxygen atoms in total. The van der Waals surface area contributed by atoms with Gasteiger partial charge in [0.25, 0.3) is 11.5 Å².